The van der Waals surface area contributed by atoms with E-state index in [0.29, 0.717) is 17.0 Å². The monoisotopic (exact) mass is 482 g/mol. The number of likely N-dealkylation sites (tertiary alicyclic amines) is 1. The van der Waals surface area contributed by atoms with Gasteiger partial charge in [0.1, 0.15) is 23.0 Å². The zero-order chi connectivity index (χ0) is 24.8. The number of halogens is 1. The third-order valence-electron chi connectivity index (χ3n) is 7.06. The van der Waals surface area contributed by atoms with Crippen LogP contribution in [-0.2, 0) is 6.54 Å². The molecule has 3 aromatic heterocycles. The summed E-state index contributed by atoms with van der Waals surface area (Å²) in [6, 6.07) is 16.3. The van der Waals surface area contributed by atoms with Gasteiger partial charge in [-0.1, -0.05) is 6.07 Å². The molecule has 6 rings (SSSR count). The minimum Gasteiger partial charge on any atom is -0.384 e. The number of piperidine rings is 1. The summed E-state index contributed by atoms with van der Waals surface area (Å²) in [4.78, 5) is 30.8. The Labute approximate surface area is 207 Å². The molecule has 0 bridgehead atoms. The van der Waals surface area contributed by atoms with E-state index in [-0.39, 0.29) is 17.5 Å². The molecule has 0 atom stereocenters. The lowest BCUT2D eigenvalue weighted by Crippen LogP contribution is -2.35. The summed E-state index contributed by atoms with van der Waals surface area (Å²) in [5.74, 6) is 1.04. The van der Waals surface area contributed by atoms with Crippen LogP contribution < -0.4 is 5.73 Å². The molecule has 182 valence electrons. The van der Waals surface area contributed by atoms with Crippen LogP contribution >= 0.6 is 0 Å². The molecule has 1 aliphatic heterocycles. The van der Waals surface area contributed by atoms with Gasteiger partial charge in [-0.3, -0.25) is 9.69 Å². The van der Waals surface area contributed by atoms with Crippen LogP contribution in [0.5, 0.6) is 0 Å². The first kappa shape index (κ1) is 22.4. The van der Waals surface area contributed by atoms with E-state index >= 15 is 0 Å². The molecule has 0 aliphatic carbocycles. The molecule has 1 saturated heterocycles. The van der Waals surface area contributed by atoms with Gasteiger partial charge < -0.3 is 15.7 Å². The number of carbonyl (C=O) groups excluding carboxylic acids is 1. The number of benzene rings is 2. The lowest BCUT2D eigenvalue weighted by atomic mass is 9.88. The van der Waals surface area contributed by atoms with Crippen LogP contribution in [0, 0.1) is 18.7 Å². The average Bonchev–Trinajstić information content (AvgIpc) is 3.46. The van der Waals surface area contributed by atoms with Crippen molar-refractivity contribution in [2.75, 3.05) is 18.8 Å². The van der Waals surface area contributed by atoms with Crippen LogP contribution in [0.4, 0.5) is 10.2 Å². The molecule has 8 heteroatoms. The number of H-pyrrole nitrogens is 2. The van der Waals surface area contributed by atoms with Gasteiger partial charge in [-0.05, 0) is 86.9 Å². The molecule has 4 N–H and O–H groups in total. The third kappa shape index (κ3) is 4.24. The van der Waals surface area contributed by atoms with Crippen LogP contribution in [0.15, 0.2) is 54.6 Å². The van der Waals surface area contributed by atoms with Crippen LogP contribution in [0.1, 0.15) is 34.6 Å². The number of Topliss-reactive ketones (excluding diaryl/α,β-unsaturated/α-hetero) is 1. The average molecular weight is 483 g/mol. The molecular weight excluding hydrogens is 455 g/mol. The van der Waals surface area contributed by atoms with Gasteiger partial charge in [-0.25, -0.2) is 14.4 Å². The van der Waals surface area contributed by atoms with Crippen molar-refractivity contribution < 1.29 is 9.18 Å². The second kappa shape index (κ2) is 8.87. The fourth-order valence-corrected chi connectivity index (χ4v) is 5.22. The molecular formula is C28H27FN6O. The Balaban J connectivity index is 1.16. The fraction of sp³-hybridized carbons (Fsp3) is 0.250. The number of rotatable bonds is 5. The molecule has 0 spiro atoms. The molecule has 1 fully saturated rings. The van der Waals surface area contributed by atoms with Crippen molar-refractivity contribution in [2.24, 2.45) is 5.92 Å². The van der Waals surface area contributed by atoms with E-state index in [4.69, 9.17) is 5.73 Å². The summed E-state index contributed by atoms with van der Waals surface area (Å²) in [5.41, 5.74) is 12.3. The Hall–Kier alpha value is -4.04. The number of nitrogens with two attached hydrogens (primary N) is 1. The number of imidazole rings is 1. The number of aromatic amines is 2. The zero-order valence-corrected chi connectivity index (χ0v) is 20.0. The lowest BCUT2D eigenvalue weighted by molar-refractivity contribution is 0.0835. The van der Waals surface area contributed by atoms with Crippen molar-refractivity contribution >= 4 is 33.7 Å². The van der Waals surface area contributed by atoms with Crippen molar-refractivity contribution in [2.45, 2.75) is 26.3 Å². The predicted molar refractivity (Wildman–Crippen MR) is 139 cm³/mol. The largest absolute Gasteiger partial charge is 0.384 e. The second-order valence-electron chi connectivity index (χ2n) is 9.64. The summed E-state index contributed by atoms with van der Waals surface area (Å²) < 4.78 is 13.2. The Morgan fingerprint density at radius 1 is 1.06 bits per heavy atom. The minimum absolute atomic E-state index is 0.00302. The number of anilines is 1. The normalized spacial score (nSPS) is 15.2. The number of nitrogens with one attached hydrogen (secondary N) is 2. The number of carbonyl (C=O) groups is 1. The topological polar surface area (TPSA) is 104 Å². The molecule has 1 aliphatic rings. The Kier molecular flexibility index (Phi) is 5.53. The van der Waals surface area contributed by atoms with Gasteiger partial charge in [0.05, 0.1) is 0 Å². The van der Waals surface area contributed by atoms with Gasteiger partial charge >= 0.3 is 0 Å². The molecule has 0 radical (unpaired) electrons. The van der Waals surface area contributed by atoms with Crippen molar-refractivity contribution in [3.05, 3.63) is 77.4 Å². The first-order valence-electron chi connectivity index (χ1n) is 12.2. The van der Waals surface area contributed by atoms with Crippen LogP contribution in [0.2, 0.25) is 0 Å². The van der Waals surface area contributed by atoms with E-state index in [9.17, 15) is 9.18 Å². The Morgan fingerprint density at radius 3 is 2.61 bits per heavy atom. The maximum Gasteiger partial charge on any atom is 0.166 e. The quantitative estimate of drug-likeness (QED) is 0.298. The highest BCUT2D eigenvalue weighted by Crippen LogP contribution is 2.31. The Morgan fingerprint density at radius 2 is 1.83 bits per heavy atom. The van der Waals surface area contributed by atoms with Crippen LogP contribution in [-0.4, -0.2) is 43.7 Å². The number of aromatic nitrogens is 4. The highest BCUT2D eigenvalue weighted by Gasteiger charge is 2.26. The van der Waals surface area contributed by atoms with Crippen molar-refractivity contribution in [1.29, 1.82) is 0 Å². The van der Waals surface area contributed by atoms with E-state index in [1.54, 1.807) is 12.1 Å². The standard InChI is InChI=1S/C28H27FN6O/c1-16-31-26-22(14-25(30)34-28(26)32-16)24-13-20-12-17(2-7-23(20)33-24)15-35-10-8-19(9-11-35)27(36)18-3-5-21(29)6-4-18/h2-7,12-14,19,33H,8-11,15H2,1H3,(H3,30,31,32,34). The highest BCUT2D eigenvalue weighted by molar-refractivity contribution is 5.98. The number of ketones is 1. The molecule has 5 aromatic rings. The van der Waals surface area contributed by atoms with E-state index < -0.39 is 0 Å². The van der Waals surface area contributed by atoms with Crippen molar-refractivity contribution in [3.8, 4) is 11.3 Å². The summed E-state index contributed by atoms with van der Waals surface area (Å²) in [5, 5.41) is 1.12. The van der Waals surface area contributed by atoms with Gasteiger partial charge in [-0.2, -0.15) is 0 Å². The summed E-state index contributed by atoms with van der Waals surface area (Å²) in [6.45, 7) is 4.46. The molecule has 4 heterocycles. The maximum absolute atomic E-state index is 13.2. The van der Waals surface area contributed by atoms with E-state index in [0.717, 1.165) is 66.0 Å². The molecule has 0 saturated carbocycles. The number of nitrogen functional groups attached to an aromatic ring is 1. The lowest BCUT2D eigenvalue weighted by Gasteiger charge is -2.31. The summed E-state index contributed by atoms with van der Waals surface area (Å²) in [7, 11) is 0. The number of aryl methyl sites for hydroxylation is 1. The van der Waals surface area contributed by atoms with Gasteiger partial charge in [0.2, 0.25) is 0 Å². The molecule has 0 unspecified atom stereocenters. The smallest absolute Gasteiger partial charge is 0.166 e. The van der Waals surface area contributed by atoms with Gasteiger partial charge in [-0.15, -0.1) is 0 Å². The van der Waals surface area contributed by atoms with Crippen molar-refractivity contribution in [3.63, 3.8) is 0 Å². The van der Waals surface area contributed by atoms with Gasteiger partial charge in [0.15, 0.2) is 11.4 Å². The summed E-state index contributed by atoms with van der Waals surface area (Å²) in [6.07, 6.45) is 1.63. The second-order valence-corrected chi connectivity index (χ2v) is 9.64. The number of pyridine rings is 1. The Bertz CT molecular complexity index is 1580. The molecule has 7 nitrogen and oxygen atoms in total. The number of fused-ring (bicyclic) bond motifs is 2. The minimum atomic E-state index is -0.317. The van der Waals surface area contributed by atoms with Crippen LogP contribution in [0.3, 0.4) is 0 Å². The predicted octanol–water partition coefficient (Wildman–Crippen LogP) is 5.23. The fourth-order valence-electron chi connectivity index (χ4n) is 5.22. The zero-order valence-electron chi connectivity index (χ0n) is 20.0. The molecule has 2 aromatic carbocycles. The van der Waals surface area contributed by atoms with E-state index in [1.807, 2.05) is 13.0 Å². The molecule has 0 amide bonds. The summed E-state index contributed by atoms with van der Waals surface area (Å²) >= 11 is 0. The SMILES string of the molecule is Cc1nc2c(-c3cc4cc(CN5CCC(C(=O)c6ccc(F)cc6)CC5)ccc4[nH]3)cc(N)nc2[nH]1. The first-order valence-corrected chi connectivity index (χ1v) is 12.2. The third-order valence-corrected chi connectivity index (χ3v) is 7.06. The van der Waals surface area contributed by atoms with Crippen molar-refractivity contribution in [1.82, 2.24) is 24.8 Å². The van der Waals surface area contributed by atoms with E-state index in [1.165, 1.54) is 17.7 Å². The van der Waals surface area contributed by atoms with E-state index in [2.05, 4.69) is 49.1 Å². The number of hydrogen-bond acceptors (Lipinski definition) is 5. The van der Waals surface area contributed by atoms with Gasteiger partial charge in [0, 0.05) is 40.2 Å². The molecule has 36 heavy (non-hydrogen) atoms. The maximum atomic E-state index is 13.2. The number of nitrogens with zero attached hydrogens (tertiary/aromatic N) is 3. The first-order chi connectivity index (χ1) is 17.4. The van der Waals surface area contributed by atoms with Crippen LogP contribution in [0.25, 0.3) is 33.3 Å². The van der Waals surface area contributed by atoms with Gasteiger partial charge in [0.25, 0.3) is 0 Å². The highest BCUT2D eigenvalue weighted by atomic mass is 19.1. The number of hydrogen-bond donors (Lipinski definition) is 3.